The van der Waals surface area contributed by atoms with E-state index < -0.39 is 11.6 Å². The van der Waals surface area contributed by atoms with Crippen LogP contribution >= 0.6 is 0 Å². The van der Waals surface area contributed by atoms with Crippen molar-refractivity contribution in [3.8, 4) is 5.75 Å². The molecule has 0 amide bonds. The second-order valence-corrected chi connectivity index (χ2v) is 4.01. The van der Waals surface area contributed by atoms with Crippen molar-refractivity contribution in [3.63, 3.8) is 0 Å². The topological polar surface area (TPSA) is 34.4 Å². The number of rotatable bonds is 6. The fourth-order valence-corrected chi connectivity index (χ4v) is 1.65. The SMILES string of the molecule is CCNCc1ccoc1COc1ccc(F)cc1F. The largest absolute Gasteiger partial charge is 0.483 e. The van der Waals surface area contributed by atoms with E-state index in [4.69, 9.17) is 9.15 Å². The monoisotopic (exact) mass is 267 g/mol. The van der Waals surface area contributed by atoms with Crippen LogP contribution in [-0.4, -0.2) is 6.54 Å². The lowest BCUT2D eigenvalue weighted by molar-refractivity contribution is 0.256. The van der Waals surface area contributed by atoms with E-state index >= 15 is 0 Å². The Hall–Kier alpha value is -1.88. The number of ether oxygens (including phenoxy) is 1. The van der Waals surface area contributed by atoms with Crippen molar-refractivity contribution in [2.75, 3.05) is 6.54 Å². The first-order valence-corrected chi connectivity index (χ1v) is 6.04. The Morgan fingerprint density at radius 2 is 2.11 bits per heavy atom. The standard InChI is InChI=1S/C14H15F2NO2/c1-2-17-8-10-5-6-18-14(10)9-19-13-4-3-11(15)7-12(13)16/h3-7,17H,2,8-9H2,1H3. The zero-order valence-corrected chi connectivity index (χ0v) is 10.6. The van der Waals surface area contributed by atoms with Crippen LogP contribution in [0.25, 0.3) is 0 Å². The lowest BCUT2D eigenvalue weighted by Crippen LogP contribution is -2.12. The molecule has 0 saturated heterocycles. The third-order valence-electron chi connectivity index (χ3n) is 2.66. The van der Waals surface area contributed by atoms with Gasteiger partial charge in [0, 0.05) is 18.2 Å². The van der Waals surface area contributed by atoms with Crippen LogP contribution in [0.4, 0.5) is 8.78 Å². The number of hydrogen-bond donors (Lipinski definition) is 1. The highest BCUT2D eigenvalue weighted by molar-refractivity contribution is 5.25. The summed E-state index contributed by atoms with van der Waals surface area (Å²) in [5.74, 6) is -0.715. The van der Waals surface area contributed by atoms with E-state index in [1.165, 1.54) is 6.07 Å². The van der Waals surface area contributed by atoms with Crippen molar-refractivity contribution < 1.29 is 17.9 Å². The third kappa shape index (κ3) is 3.54. The molecule has 0 fully saturated rings. The van der Waals surface area contributed by atoms with Crippen LogP contribution < -0.4 is 10.1 Å². The summed E-state index contributed by atoms with van der Waals surface area (Å²) in [6, 6.07) is 5.04. The van der Waals surface area contributed by atoms with Crippen molar-refractivity contribution in [3.05, 3.63) is 53.5 Å². The number of benzene rings is 1. The van der Waals surface area contributed by atoms with Crippen LogP contribution in [0.3, 0.4) is 0 Å². The predicted octanol–water partition coefficient (Wildman–Crippen LogP) is 3.25. The van der Waals surface area contributed by atoms with Gasteiger partial charge in [0.25, 0.3) is 0 Å². The average molecular weight is 267 g/mol. The second-order valence-electron chi connectivity index (χ2n) is 4.01. The Kier molecular flexibility index (Phi) is 4.52. The summed E-state index contributed by atoms with van der Waals surface area (Å²) in [7, 11) is 0. The fourth-order valence-electron chi connectivity index (χ4n) is 1.65. The van der Waals surface area contributed by atoms with Gasteiger partial charge in [-0.2, -0.15) is 0 Å². The first kappa shape index (κ1) is 13.5. The normalized spacial score (nSPS) is 10.7. The van der Waals surface area contributed by atoms with Gasteiger partial charge in [0.15, 0.2) is 11.6 Å². The quantitative estimate of drug-likeness (QED) is 0.872. The van der Waals surface area contributed by atoms with Crippen LogP contribution in [0.15, 0.2) is 34.9 Å². The van der Waals surface area contributed by atoms with Gasteiger partial charge in [-0.25, -0.2) is 8.78 Å². The molecule has 0 radical (unpaired) electrons. The van der Waals surface area contributed by atoms with Gasteiger partial charge in [-0.1, -0.05) is 6.92 Å². The summed E-state index contributed by atoms with van der Waals surface area (Å²) in [6.07, 6.45) is 1.56. The van der Waals surface area contributed by atoms with Crippen molar-refractivity contribution in [1.82, 2.24) is 5.32 Å². The van der Waals surface area contributed by atoms with Gasteiger partial charge in [0.05, 0.1) is 6.26 Å². The van der Waals surface area contributed by atoms with Gasteiger partial charge in [0.2, 0.25) is 0 Å². The summed E-state index contributed by atoms with van der Waals surface area (Å²) in [4.78, 5) is 0. The third-order valence-corrected chi connectivity index (χ3v) is 2.66. The molecule has 102 valence electrons. The molecule has 0 spiro atoms. The molecule has 0 aliphatic heterocycles. The summed E-state index contributed by atoms with van der Waals surface area (Å²) >= 11 is 0. The van der Waals surface area contributed by atoms with Gasteiger partial charge >= 0.3 is 0 Å². The molecule has 2 rings (SSSR count). The molecule has 1 aromatic carbocycles. The molecule has 0 saturated carbocycles. The maximum atomic E-state index is 13.4. The highest BCUT2D eigenvalue weighted by atomic mass is 19.1. The molecule has 0 unspecified atom stereocenters. The number of nitrogens with one attached hydrogen (secondary N) is 1. The Balaban J connectivity index is 2.00. The smallest absolute Gasteiger partial charge is 0.167 e. The van der Waals surface area contributed by atoms with Gasteiger partial charge in [-0.05, 0) is 24.7 Å². The number of halogens is 2. The summed E-state index contributed by atoms with van der Waals surface area (Å²) in [5, 5.41) is 3.17. The van der Waals surface area contributed by atoms with Crippen molar-refractivity contribution in [2.45, 2.75) is 20.1 Å². The average Bonchev–Trinajstić information content (AvgIpc) is 2.83. The highest BCUT2D eigenvalue weighted by Crippen LogP contribution is 2.20. The Morgan fingerprint density at radius 3 is 2.84 bits per heavy atom. The van der Waals surface area contributed by atoms with Crippen molar-refractivity contribution in [1.29, 1.82) is 0 Å². The number of furan rings is 1. The molecule has 0 aliphatic rings. The minimum atomic E-state index is -0.722. The maximum Gasteiger partial charge on any atom is 0.167 e. The lowest BCUT2D eigenvalue weighted by atomic mass is 10.2. The summed E-state index contributed by atoms with van der Waals surface area (Å²) in [5.41, 5.74) is 0.962. The first-order chi connectivity index (χ1) is 9.20. The Morgan fingerprint density at radius 1 is 1.26 bits per heavy atom. The number of hydrogen-bond acceptors (Lipinski definition) is 3. The van der Waals surface area contributed by atoms with Crippen molar-refractivity contribution in [2.24, 2.45) is 0 Å². The molecular formula is C14H15F2NO2. The van der Waals surface area contributed by atoms with Gasteiger partial charge in [-0.3, -0.25) is 0 Å². The summed E-state index contributed by atoms with van der Waals surface area (Å²) < 4.78 is 36.7. The molecule has 1 N–H and O–H groups in total. The molecular weight excluding hydrogens is 252 g/mol. The Labute approximate surface area is 110 Å². The summed E-state index contributed by atoms with van der Waals surface area (Å²) in [6.45, 7) is 3.62. The van der Waals surface area contributed by atoms with Crippen molar-refractivity contribution >= 4 is 0 Å². The van der Waals surface area contributed by atoms with Gasteiger partial charge < -0.3 is 14.5 Å². The van der Waals surface area contributed by atoms with Crippen LogP contribution in [-0.2, 0) is 13.2 Å². The van der Waals surface area contributed by atoms with E-state index in [0.29, 0.717) is 12.3 Å². The highest BCUT2D eigenvalue weighted by Gasteiger charge is 2.09. The van der Waals surface area contributed by atoms with E-state index in [1.54, 1.807) is 6.26 Å². The molecule has 3 nitrogen and oxygen atoms in total. The van der Waals surface area contributed by atoms with E-state index in [2.05, 4.69) is 5.32 Å². The maximum absolute atomic E-state index is 13.4. The molecule has 1 aromatic heterocycles. The molecule has 1 heterocycles. The second kappa shape index (κ2) is 6.33. The van der Waals surface area contributed by atoms with Gasteiger partial charge in [0.1, 0.15) is 18.2 Å². The Bertz CT molecular complexity index is 540. The van der Waals surface area contributed by atoms with Crippen LogP contribution in [0.2, 0.25) is 0 Å². The molecule has 0 aliphatic carbocycles. The van der Waals surface area contributed by atoms with E-state index in [-0.39, 0.29) is 12.4 Å². The van der Waals surface area contributed by atoms with Crippen LogP contribution in [0.5, 0.6) is 5.75 Å². The fraction of sp³-hybridized carbons (Fsp3) is 0.286. The lowest BCUT2D eigenvalue weighted by Gasteiger charge is -2.07. The zero-order chi connectivity index (χ0) is 13.7. The molecule has 5 heteroatoms. The minimum absolute atomic E-state index is 0.00667. The van der Waals surface area contributed by atoms with E-state index in [9.17, 15) is 8.78 Å². The minimum Gasteiger partial charge on any atom is -0.483 e. The van der Waals surface area contributed by atoms with E-state index in [1.807, 2.05) is 13.0 Å². The first-order valence-electron chi connectivity index (χ1n) is 6.04. The predicted molar refractivity (Wildman–Crippen MR) is 66.8 cm³/mol. The molecule has 2 aromatic rings. The molecule has 0 bridgehead atoms. The van der Waals surface area contributed by atoms with Gasteiger partial charge in [-0.15, -0.1) is 0 Å². The zero-order valence-electron chi connectivity index (χ0n) is 10.6. The molecule has 0 atom stereocenters. The van der Waals surface area contributed by atoms with Crippen LogP contribution in [0, 0.1) is 11.6 Å². The van der Waals surface area contributed by atoms with E-state index in [0.717, 1.165) is 24.2 Å². The molecule has 19 heavy (non-hydrogen) atoms. The van der Waals surface area contributed by atoms with Crippen LogP contribution in [0.1, 0.15) is 18.2 Å².